The zero-order valence-electron chi connectivity index (χ0n) is 54.1. The zero-order chi connectivity index (χ0) is 69.9. The number of rotatable bonds is 40. The molecule has 0 spiro atoms. The van der Waals surface area contributed by atoms with Crippen LogP contribution in [0.1, 0.15) is 134 Å². The number of thioether (sulfide) groups is 1. The SMILES string of the molecule is CC(=O)NC(CSC1CC(=O)N(CCCCN(Cc2cc(Br)cc(Br)c2N)C2CCC(O)CC2)C1=O)C(=O)NC(Cc1ccccc1)C(=O)NC(Cc1ccccc1)C(=O)NC(CCCCN)C(=O)NC(CC(=O)O)C(=O)NC(CCC(=O)O)C(=O)NC(CC(C)C)C(C)=O. The first kappa shape index (κ1) is 78.4. The molecule has 1 saturated heterocycles. The Hall–Kier alpha value is -7.31. The number of carboxylic acids is 2. The normalized spacial score (nSPS) is 17.7. The fraction of sp³-hybridized carbons (Fsp3) is 0.545. The fourth-order valence-electron chi connectivity index (χ4n) is 11.3. The second-order valence-electron chi connectivity index (χ2n) is 24.6. The van der Waals surface area contributed by atoms with Crippen LogP contribution in [-0.2, 0) is 76.9 Å². The smallest absolute Gasteiger partial charge is 0.305 e. The first-order valence-corrected chi connectivity index (χ1v) is 34.7. The summed E-state index contributed by atoms with van der Waals surface area (Å²) in [6, 6.07) is 10.9. The molecule has 14 N–H and O–H groups in total. The van der Waals surface area contributed by atoms with Gasteiger partial charge in [0.1, 0.15) is 36.3 Å². The first-order chi connectivity index (χ1) is 45.1. The maximum Gasteiger partial charge on any atom is 0.305 e. The van der Waals surface area contributed by atoms with Gasteiger partial charge in [0, 0.05) is 66.4 Å². The van der Waals surface area contributed by atoms with E-state index in [-0.39, 0.29) is 81.3 Å². The van der Waals surface area contributed by atoms with Crippen LogP contribution < -0.4 is 48.7 Å². The highest BCUT2D eigenvalue weighted by molar-refractivity contribution is 9.11. The molecule has 0 bridgehead atoms. The molecule has 1 saturated carbocycles. The molecule has 1 aliphatic heterocycles. The number of anilines is 1. The average Bonchev–Trinajstić information content (AvgIpc) is 1.83. The Morgan fingerprint density at radius 1 is 0.642 bits per heavy atom. The van der Waals surface area contributed by atoms with Gasteiger partial charge in [-0.2, -0.15) is 0 Å². The van der Waals surface area contributed by atoms with Crippen LogP contribution in [0.2, 0.25) is 0 Å². The van der Waals surface area contributed by atoms with Crippen LogP contribution in [0.5, 0.6) is 0 Å². The maximum atomic E-state index is 14.8. The summed E-state index contributed by atoms with van der Waals surface area (Å²) in [4.78, 5) is 166. The van der Waals surface area contributed by atoms with Crippen molar-refractivity contribution >= 4 is 120 Å². The van der Waals surface area contributed by atoms with Gasteiger partial charge in [-0.3, -0.25) is 67.3 Å². The molecule has 2 fully saturated rings. The molecule has 0 aromatic heterocycles. The van der Waals surface area contributed by atoms with Gasteiger partial charge in [0.25, 0.3) is 0 Å². The van der Waals surface area contributed by atoms with Crippen LogP contribution in [0, 0.1) is 5.92 Å². The number of nitrogens with one attached hydrogen (secondary N) is 7. The third-order valence-electron chi connectivity index (χ3n) is 16.4. The van der Waals surface area contributed by atoms with E-state index in [0.717, 1.165) is 39.1 Å². The van der Waals surface area contributed by atoms with E-state index in [0.29, 0.717) is 62.0 Å². The standard InChI is InChI=1S/C66H91Br2N11O15S/c1-38(2)29-50(39(3)80)74-61(89)49(24-25-57(84)85)73-64(92)53(34-58(86)87)77-60(88)48(19-11-12-26-69)72-62(90)51(30-41-15-7-5-8-16-41)75-63(91)52(31-42-17-9-6-10-18-42)76-65(93)54(71-40(4)81)37-95-55-35-56(83)79(66(55)94)28-14-13-27-78(45-20-22-46(82)23-21-45)36-43-32-44(67)33-47(68)59(43)70/h5-10,15-18,32-33,38,45-46,48-55,82H,11-14,19-31,34-37,69-70H2,1-4H3,(H,71,81)(H,72,90)(H,73,92)(H,74,89)(H,75,91)(H,76,93)(H,77,88)(H,84,85)(H,86,87). The summed E-state index contributed by atoms with van der Waals surface area (Å²) >= 11 is 8.12. The van der Waals surface area contributed by atoms with E-state index in [2.05, 4.69) is 74.0 Å². The Balaban J connectivity index is 1.32. The van der Waals surface area contributed by atoms with Gasteiger partial charge in [-0.25, -0.2) is 0 Å². The lowest BCUT2D eigenvalue weighted by Gasteiger charge is -2.36. The zero-order valence-corrected chi connectivity index (χ0v) is 58.1. The lowest BCUT2D eigenvalue weighted by Crippen LogP contribution is -2.60. The molecule has 26 nitrogen and oxygen atoms in total. The third kappa shape index (κ3) is 26.7. The number of amides is 9. The number of ketones is 1. The number of carboxylic acid groups (broad SMARTS) is 2. The molecule has 8 unspecified atom stereocenters. The monoisotopic (exact) mass is 1470 g/mol. The summed E-state index contributed by atoms with van der Waals surface area (Å²) < 4.78 is 1.63. The summed E-state index contributed by atoms with van der Waals surface area (Å²) in [6.07, 6.45) is 1.87. The topological polar surface area (TPSA) is 408 Å². The predicted molar refractivity (Wildman–Crippen MR) is 363 cm³/mol. The highest BCUT2D eigenvalue weighted by Gasteiger charge is 2.41. The number of carbonyl (C=O) groups excluding carboxylic acids is 10. The molecule has 520 valence electrons. The van der Waals surface area contributed by atoms with Crippen LogP contribution in [0.4, 0.5) is 5.69 Å². The highest BCUT2D eigenvalue weighted by atomic mass is 79.9. The number of imide groups is 1. The number of halogens is 2. The quantitative estimate of drug-likeness (QED) is 0.0220. The molecule has 0 radical (unpaired) electrons. The predicted octanol–water partition coefficient (Wildman–Crippen LogP) is 3.54. The number of benzene rings is 3. The second-order valence-corrected chi connectivity index (χ2v) is 27.6. The Labute approximate surface area is 574 Å². The number of hydrogen-bond donors (Lipinski definition) is 12. The van der Waals surface area contributed by atoms with Crippen molar-refractivity contribution in [2.24, 2.45) is 11.7 Å². The Morgan fingerprint density at radius 2 is 1.16 bits per heavy atom. The third-order valence-corrected chi connectivity index (χ3v) is 18.8. The lowest BCUT2D eigenvalue weighted by atomic mass is 9.91. The summed E-state index contributed by atoms with van der Waals surface area (Å²) in [5.74, 6) is -10.7. The molecule has 2 aliphatic rings. The summed E-state index contributed by atoms with van der Waals surface area (Å²) in [6.45, 7) is 7.60. The number of hydrogen-bond acceptors (Lipinski definition) is 17. The number of nitrogens with two attached hydrogens (primary N) is 2. The van der Waals surface area contributed by atoms with Gasteiger partial charge in [0.05, 0.1) is 29.5 Å². The lowest BCUT2D eigenvalue weighted by molar-refractivity contribution is -0.142. The van der Waals surface area contributed by atoms with Crippen molar-refractivity contribution in [3.8, 4) is 0 Å². The molecule has 29 heteroatoms. The highest BCUT2D eigenvalue weighted by Crippen LogP contribution is 2.32. The van der Waals surface area contributed by atoms with E-state index < -0.39 is 132 Å². The number of carbonyl (C=O) groups is 12. The van der Waals surface area contributed by atoms with E-state index in [1.54, 1.807) is 60.7 Å². The minimum absolute atomic E-state index is 0.0541. The minimum Gasteiger partial charge on any atom is -0.481 e. The minimum atomic E-state index is -1.90. The molecule has 95 heavy (non-hydrogen) atoms. The molecule has 9 amide bonds. The van der Waals surface area contributed by atoms with Crippen molar-refractivity contribution in [2.45, 2.75) is 197 Å². The Bertz CT molecular complexity index is 3140. The van der Waals surface area contributed by atoms with Crippen LogP contribution in [0.15, 0.2) is 81.7 Å². The maximum absolute atomic E-state index is 14.8. The number of aliphatic hydroxyl groups excluding tert-OH is 1. The fourth-order valence-corrected chi connectivity index (χ4v) is 13.8. The van der Waals surface area contributed by atoms with Gasteiger partial charge in [-0.1, -0.05) is 90.4 Å². The molecule has 1 aliphatic carbocycles. The summed E-state index contributed by atoms with van der Waals surface area (Å²) in [5, 5.41) is 46.8. The van der Waals surface area contributed by atoms with Gasteiger partial charge in [-0.15, -0.1) is 11.8 Å². The van der Waals surface area contributed by atoms with E-state index in [9.17, 15) is 72.9 Å². The largest absolute Gasteiger partial charge is 0.481 e. The van der Waals surface area contributed by atoms with E-state index in [1.807, 2.05) is 26.0 Å². The van der Waals surface area contributed by atoms with Crippen molar-refractivity contribution in [3.63, 3.8) is 0 Å². The van der Waals surface area contributed by atoms with Crippen LogP contribution >= 0.6 is 43.6 Å². The molecule has 3 aromatic rings. The van der Waals surface area contributed by atoms with Crippen LogP contribution in [0.25, 0.3) is 0 Å². The van der Waals surface area contributed by atoms with Crippen molar-refractivity contribution in [1.29, 1.82) is 0 Å². The Morgan fingerprint density at radius 3 is 1.68 bits per heavy atom. The van der Waals surface area contributed by atoms with E-state index in [4.69, 9.17) is 11.5 Å². The van der Waals surface area contributed by atoms with E-state index >= 15 is 0 Å². The number of Topliss-reactive ketones (excluding diaryl/α,β-unsaturated/α-hetero) is 1. The average molecular weight is 1470 g/mol. The van der Waals surface area contributed by atoms with Gasteiger partial charge < -0.3 is 64.0 Å². The Kier molecular flexibility index (Phi) is 32.7. The second kappa shape index (κ2) is 39.7. The van der Waals surface area contributed by atoms with Crippen molar-refractivity contribution in [1.82, 2.24) is 47.0 Å². The number of unbranched alkanes of at least 4 members (excludes halogenated alkanes) is 2. The molecule has 5 rings (SSSR count). The van der Waals surface area contributed by atoms with Crippen LogP contribution in [-0.4, -0.2) is 181 Å². The summed E-state index contributed by atoms with van der Waals surface area (Å²) in [7, 11) is 0. The van der Waals surface area contributed by atoms with Crippen LogP contribution in [0.3, 0.4) is 0 Å². The number of likely N-dealkylation sites (tertiary alicyclic amines) is 1. The number of nitrogen functional groups attached to an aromatic ring is 1. The molecule has 1 heterocycles. The van der Waals surface area contributed by atoms with Crippen molar-refractivity contribution < 1.29 is 72.9 Å². The number of nitrogens with zero attached hydrogens (tertiary/aromatic N) is 2. The number of aliphatic carboxylic acids is 2. The van der Waals surface area contributed by atoms with Crippen molar-refractivity contribution in [3.05, 3.63) is 98.4 Å². The van der Waals surface area contributed by atoms with Gasteiger partial charge in [0.15, 0.2) is 5.78 Å². The van der Waals surface area contributed by atoms with Gasteiger partial charge >= 0.3 is 11.9 Å². The molecule has 8 atom stereocenters. The molecule has 3 aromatic carbocycles. The van der Waals surface area contributed by atoms with E-state index in [1.165, 1.54) is 18.7 Å². The molecular weight excluding hydrogens is 1380 g/mol. The first-order valence-electron chi connectivity index (χ1n) is 32.0. The molecular formula is C66H91Br2N11O15S. The van der Waals surface area contributed by atoms with Gasteiger partial charge in [-0.05, 0) is 141 Å². The summed E-state index contributed by atoms with van der Waals surface area (Å²) in [5.41, 5.74) is 15.0. The van der Waals surface area contributed by atoms with Gasteiger partial charge in [0.2, 0.25) is 53.2 Å². The number of aliphatic hydroxyl groups is 1. The van der Waals surface area contributed by atoms with Crippen molar-refractivity contribution in [2.75, 3.05) is 31.1 Å².